The van der Waals surface area contributed by atoms with Crippen LogP contribution in [0.4, 0.5) is 5.82 Å². The fourth-order valence-corrected chi connectivity index (χ4v) is 2.94. The predicted molar refractivity (Wildman–Crippen MR) is 71.3 cm³/mol. The molecule has 1 saturated heterocycles. The van der Waals surface area contributed by atoms with E-state index in [2.05, 4.69) is 28.7 Å². The topological polar surface area (TPSA) is 49.2 Å². The number of aliphatic hydroxyl groups is 1. The second-order valence-corrected chi connectivity index (χ2v) is 6.67. The zero-order valence-electron chi connectivity index (χ0n) is 10.4. The molecule has 0 unspecified atom stereocenters. The third kappa shape index (κ3) is 3.33. The number of hydrogen-bond acceptors (Lipinski definition) is 5. The molecule has 1 aliphatic heterocycles. The van der Waals surface area contributed by atoms with Crippen molar-refractivity contribution in [2.45, 2.75) is 31.6 Å². The van der Waals surface area contributed by atoms with Crippen molar-refractivity contribution in [3.05, 3.63) is 18.1 Å². The SMILES string of the molecule is CC1(C)CCN(c2cnc(CO)cn2)CCS1. The summed E-state index contributed by atoms with van der Waals surface area (Å²) in [5.74, 6) is 2.04. The van der Waals surface area contributed by atoms with E-state index in [9.17, 15) is 0 Å². The van der Waals surface area contributed by atoms with Crippen molar-refractivity contribution >= 4 is 17.6 Å². The monoisotopic (exact) mass is 253 g/mol. The van der Waals surface area contributed by atoms with Crippen LogP contribution < -0.4 is 4.90 Å². The second-order valence-electron chi connectivity index (χ2n) is 4.87. The van der Waals surface area contributed by atoms with Gasteiger partial charge in [0.2, 0.25) is 0 Å². The second kappa shape index (κ2) is 5.23. The molecule has 1 aromatic rings. The highest BCUT2D eigenvalue weighted by atomic mass is 32.2. The van der Waals surface area contributed by atoms with E-state index in [1.54, 1.807) is 12.4 Å². The standard InChI is InChI=1S/C12H19N3OS/c1-12(2)3-4-15(5-6-17-12)11-8-13-10(9-16)7-14-11/h7-8,16H,3-6,9H2,1-2H3. The lowest BCUT2D eigenvalue weighted by atomic mass is 10.1. The Balaban J connectivity index is 2.06. The Morgan fingerprint density at radius 1 is 1.35 bits per heavy atom. The predicted octanol–water partition coefficient (Wildman–Crippen LogP) is 1.69. The van der Waals surface area contributed by atoms with Crippen molar-refractivity contribution in [2.75, 3.05) is 23.7 Å². The van der Waals surface area contributed by atoms with Crippen LogP contribution >= 0.6 is 11.8 Å². The average Bonchev–Trinajstić information content (AvgIpc) is 2.50. The summed E-state index contributed by atoms with van der Waals surface area (Å²) >= 11 is 2.02. The summed E-state index contributed by atoms with van der Waals surface area (Å²) in [4.78, 5) is 10.8. The maximum absolute atomic E-state index is 8.93. The van der Waals surface area contributed by atoms with Gasteiger partial charge in [-0.05, 0) is 6.42 Å². The number of aromatic nitrogens is 2. The largest absolute Gasteiger partial charge is 0.390 e. The summed E-state index contributed by atoms with van der Waals surface area (Å²) in [7, 11) is 0. The van der Waals surface area contributed by atoms with Crippen LogP contribution in [0.15, 0.2) is 12.4 Å². The van der Waals surface area contributed by atoms with Gasteiger partial charge < -0.3 is 10.0 Å². The summed E-state index contributed by atoms with van der Waals surface area (Å²) in [5, 5.41) is 8.93. The van der Waals surface area contributed by atoms with Crippen LogP contribution in [0, 0.1) is 0 Å². The molecule has 0 aromatic carbocycles. The summed E-state index contributed by atoms with van der Waals surface area (Å²) in [6, 6.07) is 0. The smallest absolute Gasteiger partial charge is 0.147 e. The lowest BCUT2D eigenvalue weighted by molar-refractivity contribution is 0.276. The van der Waals surface area contributed by atoms with E-state index >= 15 is 0 Å². The Hall–Kier alpha value is -0.810. The van der Waals surface area contributed by atoms with Crippen molar-refractivity contribution < 1.29 is 5.11 Å². The zero-order valence-corrected chi connectivity index (χ0v) is 11.2. The minimum absolute atomic E-state index is 0.0455. The number of aliphatic hydroxyl groups excluding tert-OH is 1. The van der Waals surface area contributed by atoms with Crippen molar-refractivity contribution in [3.8, 4) is 0 Å². The van der Waals surface area contributed by atoms with E-state index in [1.165, 1.54) is 0 Å². The Kier molecular flexibility index (Phi) is 3.89. The minimum atomic E-state index is -0.0455. The maximum Gasteiger partial charge on any atom is 0.147 e. The Labute approximate surface area is 106 Å². The van der Waals surface area contributed by atoms with Gasteiger partial charge in [-0.25, -0.2) is 4.98 Å². The summed E-state index contributed by atoms with van der Waals surface area (Å²) < 4.78 is 0.354. The maximum atomic E-state index is 8.93. The first kappa shape index (κ1) is 12.6. The fraction of sp³-hybridized carbons (Fsp3) is 0.667. The number of hydrogen-bond donors (Lipinski definition) is 1. The fourth-order valence-electron chi connectivity index (χ4n) is 1.84. The van der Waals surface area contributed by atoms with Crippen molar-refractivity contribution in [2.24, 2.45) is 0 Å². The number of anilines is 1. The quantitative estimate of drug-likeness (QED) is 0.869. The highest BCUT2D eigenvalue weighted by Crippen LogP contribution is 2.31. The molecule has 0 bridgehead atoms. The molecule has 0 saturated carbocycles. The molecule has 5 heteroatoms. The van der Waals surface area contributed by atoms with Crippen molar-refractivity contribution in [3.63, 3.8) is 0 Å². The van der Waals surface area contributed by atoms with Crippen molar-refractivity contribution in [1.29, 1.82) is 0 Å². The lowest BCUT2D eigenvalue weighted by Crippen LogP contribution is -2.27. The number of rotatable bonds is 2. The van der Waals surface area contributed by atoms with Gasteiger partial charge in [0.1, 0.15) is 5.82 Å². The van der Waals surface area contributed by atoms with Gasteiger partial charge >= 0.3 is 0 Å². The van der Waals surface area contributed by atoms with Gasteiger partial charge in [-0.2, -0.15) is 11.8 Å². The average molecular weight is 253 g/mol. The van der Waals surface area contributed by atoms with E-state index in [-0.39, 0.29) is 6.61 Å². The molecular weight excluding hydrogens is 234 g/mol. The highest BCUT2D eigenvalue weighted by Gasteiger charge is 2.24. The van der Waals surface area contributed by atoms with Crippen molar-refractivity contribution in [1.82, 2.24) is 9.97 Å². The first-order valence-corrected chi connectivity index (χ1v) is 6.90. The molecular formula is C12H19N3OS. The molecule has 0 radical (unpaired) electrons. The van der Waals surface area contributed by atoms with Gasteiger partial charge in [-0.1, -0.05) is 13.8 Å². The van der Waals surface area contributed by atoms with Crippen LogP contribution in [0.25, 0.3) is 0 Å². The first-order valence-electron chi connectivity index (χ1n) is 5.91. The number of thioether (sulfide) groups is 1. The normalized spacial score (nSPS) is 20.1. The molecule has 1 N–H and O–H groups in total. The van der Waals surface area contributed by atoms with Gasteiger partial charge in [0.05, 0.1) is 24.7 Å². The molecule has 0 aliphatic carbocycles. The van der Waals surface area contributed by atoms with Gasteiger partial charge in [0.15, 0.2) is 0 Å². The molecule has 94 valence electrons. The van der Waals surface area contributed by atoms with Gasteiger partial charge in [-0.15, -0.1) is 0 Å². The van der Waals surface area contributed by atoms with Gasteiger partial charge in [0, 0.05) is 23.6 Å². The summed E-state index contributed by atoms with van der Waals surface area (Å²) in [5.41, 5.74) is 0.623. The van der Waals surface area contributed by atoms with Crippen LogP contribution in [0.5, 0.6) is 0 Å². The number of nitrogens with zero attached hydrogens (tertiary/aromatic N) is 3. The molecule has 0 amide bonds. The van der Waals surface area contributed by atoms with E-state index < -0.39 is 0 Å². The Morgan fingerprint density at radius 3 is 2.82 bits per heavy atom. The molecule has 2 rings (SSSR count). The molecule has 1 aromatic heterocycles. The molecule has 4 nitrogen and oxygen atoms in total. The molecule has 0 atom stereocenters. The zero-order chi connectivity index (χ0) is 12.3. The summed E-state index contributed by atoms with van der Waals surface area (Å²) in [6.07, 6.45) is 4.56. The first-order chi connectivity index (χ1) is 8.11. The Morgan fingerprint density at radius 2 is 2.18 bits per heavy atom. The highest BCUT2D eigenvalue weighted by molar-refractivity contribution is 8.00. The molecule has 1 aliphatic rings. The lowest BCUT2D eigenvalue weighted by Gasteiger charge is -2.23. The van der Waals surface area contributed by atoms with Crippen LogP contribution in [-0.2, 0) is 6.61 Å². The third-order valence-electron chi connectivity index (χ3n) is 3.02. The molecule has 2 heterocycles. The molecule has 1 fully saturated rings. The van der Waals surface area contributed by atoms with E-state index in [0.29, 0.717) is 10.4 Å². The molecule has 17 heavy (non-hydrogen) atoms. The van der Waals surface area contributed by atoms with Crippen LogP contribution in [0.1, 0.15) is 26.0 Å². The van der Waals surface area contributed by atoms with E-state index in [0.717, 1.165) is 31.1 Å². The minimum Gasteiger partial charge on any atom is -0.390 e. The molecule has 0 spiro atoms. The van der Waals surface area contributed by atoms with E-state index in [4.69, 9.17) is 5.11 Å². The Bertz CT molecular complexity index is 367. The van der Waals surface area contributed by atoms with Gasteiger partial charge in [-0.3, -0.25) is 4.98 Å². The van der Waals surface area contributed by atoms with Crippen LogP contribution in [-0.4, -0.2) is 38.7 Å². The summed E-state index contributed by atoms with van der Waals surface area (Å²) in [6.45, 7) is 6.58. The van der Waals surface area contributed by atoms with Crippen LogP contribution in [0.3, 0.4) is 0 Å². The van der Waals surface area contributed by atoms with E-state index in [1.807, 2.05) is 11.8 Å². The van der Waals surface area contributed by atoms with Gasteiger partial charge in [0.25, 0.3) is 0 Å². The third-order valence-corrected chi connectivity index (χ3v) is 4.39. The van der Waals surface area contributed by atoms with Crippen LogP contribution in [0.2, 0.25) is 0 Å².